The Morgan fingerprint density at radius 3 is 2.50 bits per heavy atom. The minimum Gasteiger partial charge on any atom is -0.480 e. The average Bonchev–Trinajstić information content (AvgIpc) is 2.96. The van der Waals surface area contributed by atoms with Crippen molar-refractivity contribution >= 4 is 17.6 Å². The molecule has 2 aliphatic rings. The van der Waals surface area contributed by atoms with Gasteiger partial charge in [-0.2, -0.15) is 13.2 Å². The molecule has 1 aliphatic carbocycles. The van der Waals surface area contributed by atoms with Crippen LogP contribution >= 0.6 is 0 Å². The topological polar surface area (TPSA) is 57.6 Å². The highest BCUT2D eigenvalue weighted by Gasteiger charge is 2.54. The van der Waals surface area contributed by atoms with Gasteiger partial charge in [0.1, 0.15) is 6.04 Å². The molecule has 3 rings (SSSR count). The number of aliphatic carboxylic acids is 1. The standard InChI is InChI=1S/C17H16F3NO3/c1-8-6-7-12-10-4-3-5-11(10)14(15(22)23)21(13(12)9(8)2)16(24)17(18,19)20/h3-4,6-7,10-11,14H,5H2,1-2H3,(H,22,23)/t10-,11+,14-/m1/s1. The zero-order valence-corrected chi connectivity index (χ0v) is 13.1. The number of anilines is 1. The van der Waals surface area contributed by atoms with Gasteiger partial charge in [-0.25, -0.2) is 4.79 Å². The van der Waals surface area contributed by atoms with Gasteiger partial charge in [-0.05, 0) is 37.0 Å². The lowest BCUT2D eigenvalue weighted by atomic mass is 9.76. The van der Waals surface area contributed by atoms with E-state index in [1.165, 1.54) is 0 Å². The molecule has 1 heterocycles. The number of carbonyl (C=O) groups excluding carboxylic acids is 1. The van der Waals surface area contributed by atoms with Gasteiger partial charge in [0.2, 0.25) is 0 Å². The number of halogens is 3. The van der Waals surface area contributed by atoms with Crippen molar-refractivity contribution in [1.82, 2.24) is 0 Å². The first-order chi connectivity index (χ1) is 11.1. The van der Waals surface area contributed by atoms with E-state index in [4.69, 9.17) is 0 Å². The van der Waals surface area contributed by atoms with Crippen LogP contribution in [0, 0.1) is 19.8 Å². The third kappa shape index (κ3) is 2.30. The number of allylic oxidation sites excluding steroid dienone is 2. The number of carbonyl (C=O) groups is 2. The van der Waals surface area contributed by atoms with Gasteiger partial charge in [-0.1, -0.05) is 24.3 Å². The van der Waals surface area contributed by atoms with E-state index in [1.54, 1.807) is 32.1 Å². The molecule has 7 heteroatoms. The number of fused-ring (bicyclic) bond motifs is 3. The van der Waals surface area contributed by atoms with Crippen LogP contribution in [0.25, 0.3) is 0 Å². The molecule has 1 aliphatic heterocycles. The first-order valence-electron chi connectivity index (χ1n) is 7.54. The fraction of sp³-hybridized carbons (Fsp3) is 0.412. The molecular weight excluding hydrogens is 323 g/mol. The largest absolute Gasteiger partial charge is 0.480 e. The van der Waals surface area contributed by atoms with Crippen molar-refractivity contribution in [3.8, 4) is 0 Å². The number of carboxylic acid groups (broad SMARTS) is 1. The third-order valence-corrected chi connectivity index (χ3v) is 4.94. The summed E-state index contributed by atoms with van der Waals surface area (Å²) in [6, 6.07) is 1.95. The maximum Gasteiger partial charge on any atom is 0.471 e. The Morgan fingerprint density at radius 2 is 1.92 bits per heavy atom. The lowest BCUT2D eigenvalue weighted by Gasteiger charge is -2.43. The summed E-state index contributed by atoms with van der Waals surface area (Å²) in [6.07, 6.45) is -1.22. The van der Waals surface area contributed by atoms with Gasteiger partial charge >= 0.3 is 18.1 Å². The Morgan fingerprint density at radius 1 is 1.25 bits per heavy atom. The van der Waals surface area contributed by atoms with Crippen LogP contribution in [0.2, 0.25) is 0 Å². The maximum absolute atomic E-state index is 13.1. The van der Waals surface area contributed by atoms with E-state index in [0.717, 1.165) is 0 Å². The smallest absolute Gasteiger partial charge is 0.471 e. The Labute approximate surface area is 136 Å². The molecule has 0 saturated carbocycles. The van der Waals surface area contributed by atoms with Gasteiger partial charge in [-0.3, -0.25) is 9.69 Å². The van der Waals surface area contributed by atoms with Crippen molar-refractivity contribution < 1.29 is 27.9 Å². The van der Waals surface area contributed by atoms with Crippen LogP contribution < -0.4 is 4.90 Å². The molecular formula is C17H16F3NO3. The van der Waals surface area contributed by atoms with Crippen LogP contribution in [0.1, 0.15) is 29.0 Å². The monoisotopic (exact) mass is 339 g/mol. The fourth-order valence-corrected chi connectivity index (χ4v) is 3.73. The highest BCUT2D eigenvalue weighted by atomic mass is 19.4. The molecule has 1 aromatic rings. The number of hydrogen-bond donors (Lipinski definition) is 1. The van der Waals surface area contributed by atoms with E-state index in [0.29, 0.717) is 28.0 Å². The number of benzene rings is 1. The van der Waals surface area contributed by atoms with Gasteiger partial charge in [0.25, 0.3) is 0 Å². The highest BCUT2D eigenvalue weighted by Crippen LogP contribution is 2.50. The zero-order chi connectivity index (χ0) is 17.8. The first kappa shape index (κ1) is 16.5. The fourth-order valence-electron chi connectivity index (χ4n) is 3.73. The predicted octanol–water partition coefficient (Wildman–Crippen LogP) is 3.33. The SMILES string of the molecule is Cc1ccc2c(c1C)N(C(=O)C(F)(F)F)[C@@H](C(=O)O)[C@H]1CC=C[C@@H]21. The van der Waals surface area contributed by atoms with Crippen LogP contribution in [0.15, 0.2) is 24.3 Å². The van der Waals surface area contributed by atoms with Crippen molar-refractivity contribution in [2.75, 3.05) is 4.90 Å². The third-order valence-electron chi connectivity index (χ3n) is 4.94. The number of alkyl halides is 3. The molecule has 0 radical (unpaired) electrons. The molecule has 0 bridgehead atoms. The summed E-state index contributed by atoms with van der Waals surface area (Å²) in [6.45, 7) is 3.33. The minimum atomic E-state index is -5.14. The lowest BCUT2D eigenvalue weighted by molar-refractivity contribution is -0.172. The van der Waals surface area contributed by atoms with E-state index < -0.39 is 30.0 Å². The molecule has 1 N–H and O–H groups in total. The van der Waals surface area contributed by atoms with Gasteiger partial charge in [0.15, 0.2) is 0 Å². The summed E-state index contributed by atoms with van der Waals surface area (Å²) in [4.78, 5) is 24.3. The predicted molar refractivity (Wildman–Crippen MR) is 80.9 cm³/mol. The average molecular weight is 339 g/mol. The molecule has 24 heavy (non-hydrogen) atoms. The summed E-state index contributed by atoms with van der Waals surface area (Å²) < 4.78 is 39.4. The summed E-state index contributed by atoms with van der Waals surface area (Å²) in [5, 5.41) is 9.57. The van der Waals surface area contributed by atoms with E-state index in [2.05, 4.69) is 0 Å². The van der Waals surface area contributed by atoms with Crippen LogP contribution in [0.3, 0.4) is 0 Å². The summed E-state index contributed by atoms with van der Waals surface area (Å²) >= 11 is 0. The van der Waals surface area contributed by atoms with Crippen LogP contribution in [0.5, 0.6) is 0 Å². The van der Waals surface area contributed by atoms with Gasteiger partial charge < -0.3 is 5.11 Å². The molecule has 4 nitrogen and oxygen atoms in total. The van der Waals surface area contributed by atoms with Crippen molar-refractivity contribution in [2.24, 2.45) is 5.92 Å². The molecule has 128 valence electrons. The van der Waals surface area contributed by atoms with E-state index >= 15 is 0 Å². The maximum atomic E-state index is 13.1. The Hall–Kier alpha value is -2.31. The molecule has 1 aromatic carbocycles. The van der Waals surface area contributed by atoms with Crippen LogP contribution in [-0.2, 0) is 9.59 Å². The highest BCUT2D eigenvalue weighted by molar-refractivity contribution is 6.04. The van der Waals surface area contributed by atoms with Crippen molar-refractivity contribution in [3.05, 3.63) is 41.0 Å². The Balaban J connectivity index is 2.29. The van der Waals surface area contributed by atoms with E-state index in [9.17, 15) is 27.9 Å². The van der Waals surface area contributed by atoms with Crippen LogP contribution in [0.4, 0.5) is 18.9 Å². The van der Waals surface area contributed by atoms with E-state index in [1.807, 2.05) is 6.08 Å². The molecule has 0 aromatic heterocycles. The minimum absolute atomic E-state index is 0.0810. The number of nitrogens with zero attached hydrogens (tertiary/aromatic N) is 1. The second-order valence-corrected chi connectivity index (χ2v) is 6.25. The van der Waals surface area contributed by atoms with Crippen molar-refractivity contribution in [2.45, 2.75) is 38.4 Å². The number of aryl methyl sites for hydroxylation is 1. The zero-order valence-electron chi connectivity index (χ0n) is 13.1. The Kier molecular flexibility index (Phi) is 3.69. The second-order valence-electron chi connectivity index (χ2n) is 6.25. The lowest BCUT2D eigenvalue weighted by Crippen LogP contribution is -2.57. The van der Waals surface area contributed by atoms with Gasteiger partial charge in [0.05, 0.1) is 5.69 Å². The molecule has 0 unspecified atom stereocenters. The molecule has 3 atom stereocenters. The van der Waals surface area contributed by atoms with Crippen molar-refractivity contribution in [3.63, 3.8) is 0 Å². The Bertz CT molecular complexity index is 754. The number of carboxylic acids is 1. The second kappa shape index (κ2) is 5.36. The van der Waals surface area contributed by atoms with Crippen molar-refractivity contribution in [1.29, 1.82) is 0 Å². The molecule has 1 amide bonds. The summed E-state index contributed by atoms with van der Waals surface area (Å²) in [7, 11) is 0. The van der Waals surface area contributed by atoms with E-state index in [-0.39, 0.29) is 11.6 Å². The molecule has 0 saturated heterocycles. The number of amides is 1. The number of hydrogen-bond acceptors (Lipinski definition) is 2. The molecule has 0 fully saturated rings. The van der Waals surface area contributed by atoms with Crippen LogP contribution in [-0.4, -0.2) is 29.2 Å². The van der Waals surface area contributed by atoms with Gasteiger partial charge in [-0.15, -0.1) is 0 Å². The number of rotatable bonds is 1. The summed E-state index contributed by atoms with van der Waals surface area (Å²) in [5.41, 5.74) is 1.86. The van der Waals surface area contributed by atoms with Gasteiger partial charge in [0, 0.05) is 11.8 Å². The quantitative estimate of drug-likeness (QED) is 0.799. The molecule has 0 spiro atoms. The summed E-state index contributed by atoms with van der Waals surface area (Å²) in [5.74, 6) is -4.44. The normalized spacial score (nSPS) is 25.4. The first-order valence-corrected chi connectivity index (χ1v) is 7.54.